The molecule has 1 atom stereocenters. The van der Waals surface area contributed by atoms with Crippen LogP contribution in [-0.4, -0.2) is 158 Å². The summed E-state index contributed by atoms with van der Waals surface area (Å²) < 4.78 is 100. The Balaban J connectivity index is 0.000000133. The van der Waals surface area contributed by atoms with Crippen LogP contribution in [0.5, 0.6) is 0 Å². The lowest BCUT2D eigenvalue weighted by molar-refractivity contribution is 0.0680. The normalized spacial score (nSPS) is 15.1. The van der Waals surface area contributed by atoms with E-state index in [1.807, 2.05) is 25.0 Å². The molecule has 4 aliphatic rings. The highest BCUT2D eigenvalue weighted by Gasteiger charge is 2.33. The van der Waals surface area contributed by atoms with Crippen molar-refractivity contribution in [3.05, 3.63) is 234 Å². The third-order valence-corrected chi connectivity index (χ3v) is 22.4. The van der Waals surface area contributed by atoms with Crippen molar-refractivity contribution in [2.45, 2.75) is 96.2 Å². The van der Waals surface area contributed by atoms with Gasteiger partial charge in [-0.3, -0.25) is 40.7 Å². The van der Waals surface area contributed by atoms with Crippen LogP contribution in [0.15, 0.2) is 197 Å². The quantitative estimate of drug-likeness (QED) is 0.0493. The van der Waals surface area contributed by atoms with Gasteiger partial charge in [-0.15, -0.1) is 0 Å². The highest BCUT2D eigenvalue weighted by atomic mass is 79.9. The van der Waals surface area contributed by atoms with Gasteiger partial charge in [-0.25, -0.2) is 76.6 Å². The van der Waals surface area contributed by atoms with Crippen LogP contribution in [0.25, 0.3) is 68.3 Å². The molecule has 1 unspecified atom stereocenters. The molecule has 0 aliphatic carbocycles. The number of halogens is 5. The molecule has 27 nitrogen and oxygen atoms in total. The second-order valence-corrected chi connectivity index (χ2v) is 30.3. The van der Waals surface area contributed by atoms with Gasteiger partial charge in [0, 0.05) is 114 Å². The van der Waals surface area contributed by atoms with Gasteiger partial charge in [0.1, 0.15) is 57.1 Å². The molecule has 4 fully saturated rings. The van der Waals surface area contributed by atoms with Gasteiger partial charge in [0.15, 0.2) is 26.9 Å². The Morgan fingerprint density at radius 1 is 0.412 bits per heavy atom. The van der Waals surface area contributed by atoms with Crippen molar-refractivity contribution in [3.8, 4) is 80.4 Å². The van der Waals surface area contributed by atoms with Crippen LogP contribution in [0.4, 0.5) is 17.6 Å². The molecule has 12 heterocycles. The van der Waals surface area contributed by atoms with Crippen LogP contribution >= 0.6 is 51.2 Å². The fourth-order valence-corrected chi connectivity index (χ4v) is 16.1. The molecule has 0 amide bonds. The van der Waals surface area contributed by atoms with E-state index in [-0.39, 0.29) is 75.1 Å². The molecule has 114 heavy (non-hydrogen) atoms. The Kier molecular flexibility index (Phi) is 26.9. The molecule has 0 radical (unpaired) electrons. The number of ether oxygens (including phenoxy) is 4. The average molecular weight is 1690 g/mol. The van der Waals surface area contributed by atoms with E-state index in [1.54, 1.807) is 85.4 Å². The predicted molar refractivity (Wildman–Crippen MR) is 425 cm³/mol. The van der Waals surface area contributed by atoms with E-state index in [4.69, 9.17) is 18.9 Å². The number of rotatable bonds is 16. The summed E-state index contributed by atoms with van der Waals surface area (Å²) in [6.45, 7) is 4.55. The summed E-state index contributed by atoms with van der Waals surface area (Å²) in [6, 6.07) is 33.7. The Morgan fingerprint density at radius 2 is 0.719 bits per heavy atom. The van der Waals surface area contributed by atoms with E-state index >= 15 is 0 Å². The fraction of sp³-hybridized carbons (Fsp3) is 0.308. The van der Waals surface area contributed by atoms with E-state index in [1.165, 1.54) is 139 Å². The monoisotopic (exact) mass is 1690 g/mol. The predicted octanol–water partition coefficient (Wildman–Crippen LogP) is 12.8. The van der Waals surface area contributed by atoms with Crippen LogP contribution in [-0.2, 0) is 29.7 Å². The summed E-state index contributed by atoms with van der Waals surface area (Å²) in [7, 11) is -1.44. The van der Waals surface area contributed by atoms with Gasteiger partial charge < -0.3 is 18.9 Å². The number of hydrogen-bond acceptors (Lipinski definition) is 22. The fourth-order valence-electron chi connectivity index (χ4n) is 13.8. The van der Waals surface area contributed by atoms with Gasteiger partial charge in [-0.05, 0) is 207 Å². The summed E-state index contributed by atoms with van der Waals surface area (Å²) in [4.78, 5) is 88.2. The SMILES string of the molecule is CS(=O)c1nccc(-c2c(C#N)n(C3CCOCC3)c(=O)n2-c2ccc(F)cc2)n1.CSc1nccc(-c2c(Br)n(C3CCOCC3)c(=O)n2-c2ccc(F)cc2)n1.CSc1nccc(-c2c(C#N)n(C3CCOCC3)c(=O)n2-c2ccc(F)cc2)n1.CSc1nccc(-c2cn(C3CCOCC3)c(=O)n2-c2ccc(F)cc2)n1. The second-order valence-electron chi connectivity index (χ2n) is 26.0. The molecule has 0 spiro atoms. The molecule has 16 rings (SSSR count). The van der Waals surface area contributed by atoms with Crippen molar-refractivity contribution >= 4 is 62.0 Å². The lowest BCUT2D eigenvalue weighted by Gasteiger charge is -2.23. The minimum Gasteiger partial charge on any atom is -0.381 e. The molecule has 36 heteroatoms. The topological polar surface area (TPSA) is 312 Å². The van der Waals surface area contributed by atoms with Gasteiger partial charge in [-0.1, -0.05) is 35.3 Å². The van der Waals surface area contributed by atoms with Crippen molar-refractivity contribution in [2.75, 3.05) is 77.9 Å². The van der Waals surface area contributed by atoms with Crippen molar-refractivity contribution in [3.63, 3.8) is 0 Å². The van der Waals surface area contributed by atoms with Crippen LogP contribution in [0.3, 0.4) is 0 Å². The maximum atomic E-state index is 13.5. The summed E-state index contributed by atoms with van der Waals surface area (Å²) >= 11 is 7.88. The molecule has 8 aromatic heterocycles. The third-order valence-electron chi connectivity index (χ3n) is 19.2. The number of hydrogen-bond donors (Lipinski definition) is 0. The number of aromatic nitrogens is 16. The number of nitrogens with zero attached hydrogens (tertiary/aromatic N) is 18. The Labute approximate surface area is 673 Å². The van der Waals surface area contributed by atoms with E-state index in [2.05, 4.69) is 67.9 Å². The summed E-state index contributed by atoms with van der Waals surface area (Å²) in [5.74, 6) is -1.54. The van der Waals surface area contributed by atoms with Crippen LogP contribution in [0.2, 0.25) is 0 Å². The summed E-state index contributed by atoms with van der Waals surface area (Å²) in [5.41, 5.74) is 5.28. The number of benzene rings is 4. The van der Waals surface area contributed by atoms with Gasteiger partial charge in [0.2, 0.25) is 5.16 Å². The smallest absolute Gasteiger partial charge is 0.334 e. The van der Waals surface area contributed by atoms with Crippen LogP contribution < -0.4 is 22.8 Å². The first-order valence-corrected chi connectivity index (χ1v) is 42.0. The minimum atomic E-state index is -1.44. The Bertz CT molecular complexity index is 5780. The second kappa shape index (κ2) is 37.6. The Hall–Kier alpha value is -10.5. The highest BCUT2D eigenvalue weighted by molar-refractivity contribution is 9.10. The molecule has 588 valence electrons. The van der Waals surface area contributed by atoms with Crippen molar-refractivity contribution in [2.24, 2.45) is 0 Å². The zero-order valence-corrected chi connectivity index (χ0v) is 66.7. The van der Waals surface area contributed by atoms with E-state index in [9.17, 15) is 51.5 Å². The molecule has 12 aromatic rings. The maximum Gasteiger partial charge on any atom is 0.334 e. The first-order chi connectivity index (χ1) is 55.4. The van der Waals surface area contributed by atoms with Gasteiger partial charge >= 0.3 is 22.8 Å². The highest BCUT2D eigenvalue weighted by Crippen LogP contribution is 2.37. The molecular formula is C78H73BrF4N18O9S4. The van der Waals surface area contributed by atoms with Crippen molar-refractivity contribution in [1.29, 1.82) is 10.5 Å². The zero-order valence-electron chi connectivity index (χ0n) is 61.8. The molecule has 4 aromatic carbocycles. The standard InChI is InChI=1S/C20H18FN5O3S.C20H18FN5O2S.C19H18BrFN4O2S.C19H19FN4O2S/c1-30(28)19-23-9-6-16(24-19)18-17(12-22)25(15-7-10-29-11-8-15)20(27)26(18)14-4-2-13(21)3-5-14;1-29-19-23-9-6-16(24-19)18-17(12-22)25(15-7-10-28-11-8-15)20(27)26(18)14-4-2-13(21)3-5-14;1-28-18-22-9-6-15(23-18)16-17(20)25(14-7-10-27-11-8-14)19(26)24(16)13-4-2-12(21)3-5-13;1-27-18-21-9-6-16(22-18)17-12-23(14-7-10-26-11-8-14)19(25)24(17)15-4-2-13(20)3-5-15/h2-6,9,15H,7-8,10-11H2,1H3;2-6,9,15H,7-8,10-11H2,1H3;2-6,9,14H,7-8,10-11H2,1H3;2-6,9,12,14H,7-8,10-11H2,1H3. The number of imidazole rings is 4. The first-order valence-electron chi connectivity index (χ1n) is 36.0. The van der Waals surface area contributed by atoms with Crippen molar-refractivity contribution < 1.29 is 40.7 Å². The van der Waals surface area contributed by atoms with Crippen LogP contribution in [0.1, 0.15) is 86.9 Å². The molecule has 4 aliphatic heterocycles. The lowest BCUT2D eigenvalue weighted by atomic mass is 10.1. The minimum absolute atomic E-state index is 0.0259. The first kappa shape index (κ1) is 81.5. The Morgan fingerprint density at radius 3 is 1.09 bits per heavy atom. The maximum absolute atomic E-state index is 13.5. The average Bonchev–Trinajstić information content (AvgIpc) is 1.60. The van der Waals surface area contributed by atoms with Crippen LogP contribution in [0, 0.1) is 45.9 Å². The molecule has 0 saturated carbocycles. The van der Waals surface area contributed by atoms with Crippen molar-refractivity contribution in [1.82, 2.24) is 76.4 Å². The summed E-state index contributed by atoms with van der Waals surface area (Å²) in [6.07, 6.45) is 20.9. The zero-order chi connectivity index (χ0) is 80.1. The lowest BCUT2D eigenvalue weighted by Crippen LogP contribution is -2.31. The van der Waals surface area contributed by atoms with Gasteiger partial charge in [-0.2, -0.15) is 10.5 Å². The number of thioether (sulfide) groups is 3. The molecule has 0 bridgehead atoms. The largest absolute Gasteiger partial charge is 0.381 e. The molecular weight excluding hydrogens is 1620 g/mol. The van der Waals surface area contributed by atoms with E-state index in [0.29, 0.717) is 161 Å². The molecule has 0 N–H and O–H groups in total. The number of nitriles is 2. The van der Waals surface area contributed by atoms with E-state index in [0.717, 1.165) is 25.7 Å². The third kappa shape index (κ3) is 17.9. The van der Waals surface area contributed by atoms with E-state index < -0.39 is 28.1 Å². The van der Waals surface area contributed by atoms with Gasteiger partial charge in [0.05, 0.1) is 62.0 Å². The summed E-state index contributed by atoms with van der Waals surface area (Å²) in [5, 5.41) is 21.8. The van der Waals surface area contributed by atoms with Gasteiger partial charge in [0.25, 0.3) is 0 Å². The molecule has 4 saturated heterocycles.